The fraction of sp³-hybridized carbons (Fsp3) is 0.130. The molecule has 2 aromatic heterocycles. The maximum Gasteiger partial charge on any atom is 0.304 e. The molecule has 0 aliphatic rings. The van der Waals surface area contributed by atoms with E-state index in [1.54, 1.807) is 61.2 Å². The minimum absolute atomic E-state index is 0.0879. The normalized spacial score (nSPS) is 11.2. The molecular weight excluding hydrogens is 436 g/mol. The molecule has 172 valence electrons. The summed E-state index contributed by atoms with van der Waals surface area (Å²) in [5.41, 5.74) is 9.59. The molecule has 2 heterocycles. The molecule has 34 heavy (non-hydrogen) atoms. The lowest BCUT2D eigenvalue weighted by atomic mass is 10.2. The van der Waals surface area contributed by atoms with Crippen LogP contribution in [0.5, 0.6) is 11.8 Å². The number of nitrogens with one attached hydrogen (secondary N) is 3. The van der Waals surface area contributed by atoms with E-state index in [2.05, 4.69) is 30.9 Å². The highest BCUT2D eigenvalue weighted by Gasteiger charge is 2.17. The zero-order valence-electron chi connectivity index (χ0n) is 18.5. The van der Waals surface area contributed by atoms with Crippen molar-refractivity contribution in [3.05, 3.63) is 78.0 Å². The number of para-hydroxylation sites is 2. The molecule has 0 radical (unpaired) electrons. The van der Waals surface area contributed by atoms with Crippen LogP contribution < -0.4 is 20.1 Å². The highest BCUT2D eigenvalue weighted by Crippen LogP contribution is 2.22. The Morgan fingerprint density at radius 2 is 1.85 bits per heavy atom. The van der Waals surface area contributed by atoms with Crippen LogP contribution in [0.15, 0.2) is 77.1 Å². The zero-order valence-corrected chi connectivity index (χ0v) is 18.5. The largest absolute Gasteiger partial charge is 0.497 e. The van der Waals surface area contributed by atoms with Crippen LogP contribution in [0.2, 0.25) is 0 Å². The number of nitrogens with zero attached hydrogens (tertiary/aromatic N) is 5. The second-order valence-electron chi connectivity index (χ2n) is 6.98. The number of hydrogen-bond donors (Lipinski definition) is 3. The van der Waals surface area contributed by atoms with Gasteiger partial charge >= 0.3 is 6.01 Å². The quantitative estimate of drug-likeness (QED) is 0.167. The van der Waals surface area contributed by atoms with E-state index in [0.717, 1.165) is 5.52 Å². The van der Waals surface area contributed by atoms with Gasteiger partial charge in [0, 0.05) is 12.6 Å². The average Bonchev–Trinajstić information content (AvgIpc) is 3.24. The fourth-order valence-electron chi connectivity index (χ4n) is 3.26. The molecular formula is C23H22N8O3. The highest BCUT2D eigenvalue weighted by molar-refractivity contribution is 6.03. The van der Waals surface area contributed by atoms with Gasteiger partial charge in [0.1, 0.15) is 18.2 Å². The maximum absolute atomic E-state index is 12.5. The van der Waals surface area contributed by atoms with E-state index >= 15 is 0 Å². The summed E-state index contributed by atoms with van der Waals surface area (Å²) in [7, 11) is 3.23. The number of rotatable bonds is 7. The Bertz CT molecular complexity index is 1350. The molecule has 0 saturated heterocycles. The van der Waals surface area contributed by atoms with Crippen molar-refractivity contribution in [2.24, 2.45) is 10.3 Å². The minimum Gasteiger partial charge on any atom is -0.497 e. The molecule has 0 saturated carbocycles. The van der Waals surface area contributed by atoms with Crippen LogP contribution in [-0.2, 0) is 6.61 Å². The Morgan fingerprint density at radius 1 is 1.06 bits per heavy atom. The molecule has 4 rings (SSSR count). The lowest BCUT2D eigenvalue weighted by molar-refractivity contribution is 0.102. The van der Waals surface area contributed by atoms with Gasteiger partial charge in [-0.2, -0.15) is 10.5 Å². The van der Waals surface area contributed by atoms with Crippen LogP contribution >= 0.6 is 0 Å². The van der Waals surface area contributed by atoms with Crippen molar-refractivity contribution in [2.75, 3.05) is 19.5 Å². The number of aromatic nitrogens is 3. The van der Waals surface area contributed by atoms with Gasteiger partial charge in [-0.05, 0) is 53.8 Å². The van der Waals surface area contributed by atoms with E-state index in [4.69, 9.17) is 15.0 Å². The first-order valence-corrected chi connectivity index (χ1v) is 10.3. The van der Waals surface area contributed by atoms with Crippen molar-refractivity contribution < 1.29 is 14.3 Å². The molecule has 0 aliphatic carbocycles. The molecule has 0 fully saturated rings. The van der Waals surface area contributed by atoms with Gasteiger partial charge in [-0.25, -0.2) is 9.55 Å². The van der Waals surface area contributed by atoms with E-state index in [9.17, 15) is 4.79 Å². The molecule has 0 aliphatic heterocycles. The van der Waals surface area contributed by atoms with E-state index < -0.39 is 0 Å². The number of benzene rings is 2. The Labute approximate surface area is 195 Å². The van der Waals surface area contributed by atoms with Gasteiger partial charge in [-0.1, -0.05) is 23.3 Å². The van der Waals surface area contributed by atoms with Gasteiger partial charge in [0.15, 0.2) is 0 Å². The molecule has 0 atom stereocenters. The summed E-state index contributed by atoms with van der Waals surface area (Å²) in [6, 6.07) is 19.7. The van der Waals surface area contributed by atoms with Crippen molar-refractivity contribution in [2.45, 2.75) is 6.61 Å². The van der Waals surface area contributed by atoms with Crippen LogP contribution in [0.25, 0.3) is 11.0 Å². The molecule has 4 aromatic rings. The van der Waals surface area contributed by atoms with E-state index in [1.807, 2.05) is 24.3 Å². The van der Waals surface area contributed by atoms with Gasteiger partial charge in [0.2, 0.25) is 5.96 Å². The minimum atomic E-state index is -0.288. The molecule has 2 aromatic carbocycles. The molecule has 11 nitrogen and oxygen atoms in total. The first kappa shape index (κ1) is 22.4. The van der Waals surface area contributed by atoms with Crippen LogP contribution in [0.1, 0.15) is 16.1 Å². The lowest BCUT2D eigenvalue weighted by Crippen LogP contribution is -2.27. The number of pyridine rings is 1. The molecule has 0 unspecified atom stereocenters. The number of fused-ring (bicyclic) bond motifs is 1. The molecule has 1 amide bonds. The van der Waals surface area contributed by atoms with Crippen LogP contribution in [-0.4, -0.2) is 40.6 Å². The predicted molar refractivity (Wildman–Crippen MR) is 126 cm³/mol. The lowest BCUT2D eigenvalue weighted by Gasteiger charge is -2.11. The van der Waals surface area contributed by atoms with Crippen molar-refractivity contribution in [3.63, 3.8) is 0 Å². The molecule has 11 heteroatoms. The summed E-state index contributed by atoms with van der Waals surface area (Å²) in [6.45, 7) is 0.0879. The van der Waals surface area contributed by atoms with Crippen molar-refractivity contribution >= 4 is 28.7 Å². The van der Waals surface area contributed by atoms with E-state index in [1.165, 1.54) is 0 Å². The van der Waals surface area contributed by atoms with Gasteiger partial charge in [-0.15, -0.1) is 0 Å². The van der Waals surface area contributed by atoms with Crippen molar-refractivity contribution in [1.29, 1.82) is 5.53 Å². The molecule has 3 N–H and O–H groups in total. The number of ether oxygens (including phenoxy) is 2. The second kappa shape index (κ2) is 10.2. The Balaban J connectivity index is 1.52. The summed E-state index contributed by atoms with van der Waals surface area (Å²) >= 11 is 0. The van der Waals surface area contributed by atoms with Crippen molar-refractivity contribution in [3.8, 4) is 11.8 Å². The zero-order chi connectivity index (χ0) is 23.9. The number of carbonyl (C=O) groups is 1. The SMILES string of the molecule is CN/C(=N\N=N)n1c(OCc2cccc(NC(=O)c3ccc(OC)cc3)n2)nc2ccccc21. The number of carbonyl (C=O) groups excluding carboxylic acids is 1. The van der Waals surface area contributed by atoms with Crippen LogP contribution in [0.3, 0.4) is 0 Å². The number of anilines is 1. The summed E-state index contributed by atoms with van der Waals surface area (Å²) in [4.78, 5) is 21.5. The second-order valence-corrected chi connectivity index (χ2v) is 6.98. The monoisotopic (exact) mass is 458 g/mol. The summed E-state index contributed by atoms with van der Waals surface area (Å²) in [5.74, 6) is 1.06. The van der Waals surface area contributed by atoms with Gasteiger partial charge in [0.25, 0.3) is 5.91 Å². The third-order valence-electron chi connectivity index (χ3n) is 4.86. The average molecular weight is 458 g/mol. The Morgan fingerprint density at radius 3 is 2.59 bits per heavy atom. The fourth-order valence-corrected chi connectivity index (χ4v) is 3.26. The van der Waals surface area contributed by atoms with E-state index in [0.29, 0.717) is 28.3 Å². The van der Waals surface area contributed by atoms with Gasteiger partial charge < -0.3 is 20.1 Å². The van der Waals surface area contributed by atoms with Crippen LogP contribution in [0.4, 0.5) is 5.82 Å². The third-order valence-corrected chi connectivity index (χ3v) is 4.86. The maximum atomic E-state index is 12.5. The van der Waals surface area contributed by atoms with E-state index in [-0.39, 0.29) is 24.5 Å². The Kier molecular flexibility index (Phi) is 6.73. The topological polar surface area (TPSA) is 139 Å². The number of methoxy groups -OCH3 is 1. The number of hydrogen-bond acceptors (Lipinski definition) is 7. The Hall–Kier alpha value is -4.80. The number of imidazole rings is 1. The van der Waals surface area contributed by atoms with Gasteiger partial charge in [0.05, 0.1) is 23.8 Å². The number of amides is 1. The van der Waals surface area contributed by atoms with Crippen LogP contribution in [0, 0.1) is 5.53 Å². The summed E-state index contributed by atoms with van der Waals surface area (Å²) in [6.07, 6.45) is 0. The first-order chi connectivity index (χ1) is 16.6. The molecule has 0 spiro atoms. The third kappa shape index (κ3) is 4.83. The predicted octanol–water partition coefficient (Wildman–Crippen LogP) is 3.64. The molecule has 0 bridgehead atoms. The summed E-state index contributed by atoms with van der Waals surface area (Å²) < 4.78 is 12.7. The standard InChI is InChI=1S/C23H22N8O3/c1-25-22(29-30-24)31-19-8-4-3-7-18(19)27-23(31)34-14-16-6-5-9-20(26-16)28-21(32)15-10-12-17(33-2)13-11-15/h3-13H,14H2,1-2H3,(H2,24,25,29)(H,26,28,32). The van der Waals surface area contributed by atoms with Gasteiger partial charge in [-0.3, -0.25) is 4.79 Å². The smallest absolute Gasteiger partial charge is 0.304 e. The highest BCUT2D eigenvalue weighted by atomic mass is 16.5. The summed E-state index contributed by atoms with van der Waals surface area (Å²) in [5, 5.41) is 12.6. The van der Waals surface area contributed by atoms with Crippen molar-refractivity contribution in [1.82, 2.24) is 19.9 Å². The first-order valence-electron chi connectivity index (χ1n) is 10.3.